The molecule has 72 valence electrons. The standard InChI is InChI=1S/C12H19N/c1-4-11(13)12(2,3)10-8-6-5-7-9-10/h5-9,11H,4,13H2,1-3H3/t11-/m1/s1. The minimum Gasteiger partial charge on any atom is -0.327 e. The summed E-state index contributed by atoms with van der Waals surface area (Å²) in [5.41, 5.74) is 7.49. The molecule has 0 bridgehead atoms. The second-order valence-electron chi connectivity index (χ2n) is 4.10. The summed E-state index contributed by atoms with van der Waals surface area (Å²) < 4.78 is 0. The van der Waals surface area contributed by atoms with Crippen LogP contribution in [0.25, 0.3) is 0 Å². The normalized spacial score (nSPS) is 14.2. The van der Waals surface area contributed by atoms with Crippen molar-refractivity contribution in [2.45, 2.75) is 38.6 Å². The van der Waals surface area contributed by atoms with Crippen molar-refractivity contribution in [1.29, 1.82) is 0 Å². The molecule has 13 heavy (non-hydrogen) atoms. The Morgan fingerprint density at radius 1 is 1.23 bits per heavy atom. The lowest BCUT2D eigenvalue weighted by Gasteiger charge is -2.31. The molecule has 2 N–H and O–H groups in total. The fourth-order valence-electron chi connectivity index (χ4n) is 1.59. The molecule has 1 atom stereocenters. The fraction of sp³-hybridized carbons (Fsp3) is 0.500. The lowest BCUT2D eigenvalue weighted by molar-refractivity contribution is 0.399. The first-order chi connectivity index (χ1) is 6.09. The SMILES string of the molecule is CC[C@@H](N)C(C)(C)c1ccccc1. The zero-order chi connectivity index (χ0) is 9.90. The van der Waals surface area contributed by atoms with Crippen molar-refractivity contribution in [3.05, 3.63) is 35.9 Å². The van der Waals surface area contributed by atoms with E-state index in [4.69, 9.17) is 5.73 Å². The van der Waals surface area contributed by atoms with Gasteiger partial charge in [0.05, 0.1) is 0 Å². The van der Waals surface area contributed by atoms with Gasteiger partial charge in [0, 0.05) is 11.5 Å². The summed E-state index contributed by atoms with van der Waals surface area (Å²) in [7, 11) is 0. The molecule has 0 aromatic heterocycles. The van der Waals surface area contributed by atoms with Gasteiger partial charge in [0.2, 0.25) is 0 Å². The first kappa shape index (κ1) is 10.3. The van der Waals surface area contributed by atoms with Gasteiger partial charge in [-0.2, -0.15) is 0 Å². The second-order valence-corrected chi connectivity index (χ2v) is 4.10. The maximum absolute atomic E-state index is 6.08. The molecule has 0 aliphatic heterocycles. The van der Waals surface area contributed by atoms with Crippen LogP contribution in [0, 0.1) is 0 Å². The summed E-state index contributed by atoms with van der Waals surface area (Å²) in [6, 6.07) is 10.7. The molecular weight excluding hydrogens is 158 g/mol. The Balaban J connectivity index is 2.93. The Morgan fingerprint density at radius 2 is 1.77 bits per heavy atom. The highest BCUT2D eigenvalue weighted by Gasteiger charge is 2.26. The van der Waals surface area contributed by atoms with E-state index in [1.165, 1.54) is 5.56 Å². The molecular formula is C12H19N. The minimum atomic E-state index is 0.0794. The number of nitrogens with two attached hydrogens (primary N) is 1. The number of benzene rings is 1. The van der Waals surface area contributed by atoms with Crippen LogP contribution < -0.4 is 5.73 Å². The first-order valence-corrected chi connectivity index (χ1v) is 4.90. The van der Waals surface area contributed by atoms with Gasteiger partial charge in [0.25, 0.3) is 0 Å². The molecule has 0 radical (unpaired) electrons. The number of hydrogen-bond donors (Lipinski definition) is 1. The first-order valence-electron chi connectivity index (χ1n) is 4.90. The van der Waals surface area contributed by atoms with Crippen LogP contribution in [0.1, 0.15) is 32.8 Å². The summed E-state index contributed by atoms with van der Waals surface area (Å²) in [5, 5.41) is 0. The molecule has 1 rings (SSSR count). The van der Waals surface area contributed by atoms with Crippen molar-refractivity contribution in [3.63, 3.8) is 0 Å². The van der Waals surface area contributed by atoms with Crippen molar-refractivity contribution in [3.8, 4) is 0 Å². The van der Waals surface area contributed by atoms with Crippen molar-refractivity contribution >= 4 is 0 Å². The van der Waals surface area contributed by atoms with Crippen molar-refractivity contribution in [2.75, 3.05) is 0 Å². The van der Waals surface area contributed by atoms with Crippen LogP contribution >= 0.6 is 0 Å². The molecule has 1 aromatic rings. The summed E-state index contributed by atoms with van der Waals surface area (Å²) in [6.45, 7) is 6.54. The van der Waals surface area contributed by atoms with Crippen LogP contribution in [0.4, 0.5) is 0 Å². The van der Waals surface area contributed by atoms with E-state index in [0.717, 1.165) is 6.42 Å². The summed E-state index contributed by atoms with van der Waals surface area (Å²) >= 11 is 0. The largest absolute Gasteiger partial charge is 0.327 e. The quantitative estimate of drug-likeness (QED) is 0.754. The molecule has 1 nitrogen and oxygen atoms in total. The van der Waals surface area contributed by atoms with Gasteiger partial charge < -0.3 is 5.73 Å². The molecule has 0 fully saturated rings. The molecule has 0 heterocycles. The van der Waals surface area contributed by atoms with Crippen LogP contribution in [0.15, 0.2) is 30.3 Å². The van der Waals surface area contributed by atoms with E-state index in [0.29, 0.717) is 0 Å². The highest BCUT2D eigenvalue weighted by molar-refractivity contribution is 5.25. The third-order valence-electron chi connectivity index (χ3n) is 2.88. The van der Waals surface area contributed by atoms with Crippen LogP contribution in [0.2, 0.25) is 0 Å². The monoisotopic (exact) mass is 177 g/mol. The Kier molecular flexibility index (Phi) is 3.10. The smallest absolute Gasteiger partial charge is 0.0128 e. The highest BCUT2D eigenvalue weighted by atomic mass is 14.7. The molecule has 0 aliphatic carbocycles. The van der Waals surface area contributed by atoms with Crippen molar-refractivity contribution in [2.24, 2.45) is 5.73 Å². The van der Waals surface area contributed by atoms with E-state index in [9.17, 15) is 0 Å². The zero-order valence-corrected chi connectivity index (χ0v) is 8.75. The van der Waals surface area contributed by atoms with E-state index < -0.39 is 0 Å². The van der Waals surface area contributed by atoms with Gasteiger partial charge in [0.1, 0.15) is 0 Å². The van der Waals surface area contributed by atoms with Gasteiger partial charge in [-0.3, -0.25) is 0 Å². The minimum absolute atomic E-state index is 0.0794. The third-order valence-corrected chi connectivity index (χ3v) is 2.88. The summed E-state index contributed by atoms with van der Waals surface area (Å²) in [4.78, 5) is 0. The lowest BCUT2D eigenvalue weighted by atomic mass is 9.77. The van der Waals surface area contributed by atoms with Gasteiger partial charge in [-0.25, -0.2) is 0 Å². The van der Waals surface area contributed by atoms with Gasteiger partial charge in [-0.05, 0) is 12.0 Å². The van der Waals surface area contributed by atoms with E-state index in [-0.39, 0.29) is 11.5 Å². The Labute approximate surface area is 81.0 Å². The second kappa shape index (κ2) is 3.93. The summed E-state index contributed by atoms with van der Waals surface area (Å²) in [6.07, 6.45) is 1.02. The molecule has 0 unspecified atom stereocenters. The average Bonchev–Trinajstić information content (AvgIpc) is 2.18. The Morgan fingerprint density at radius 3 is 2.23 bits per heavy atom. The molecule has 1 heteroatoms. The van der Waals surface area contributed by atoms with E-state index in [1.807, 2.05) is 6.07 Å². The third kappa shape index (κ3) is 2.10. The summed E-state index contributed by atoms with van der Waals surface area (Å²) in [5.74, 6) is 0. The van der Waals surface area contributed by atoms with Gasteiger partial charge >= 0.3 is 0 Å². The zero-order valence-electron chi connectivity index (χ0n) is 8.75. The van der Waals surface area contributed by atoms with Crippen LogP contribution in [0.5, 0.6) is 0 Å². The average molecular weight is 177 g/mol. The van der Waals surface area contributed by atoms with E-state index in [1.54, 1.807) is 0 Å². The van der Waals surface area contributed by atoms with Crippen LogP contribution in [0.3, 0.4) is 0 Å². The number of rotatable bonds is 3. The highest BCUT2D eigenvalue weighted by Crippen LogP contribution is 2.26. The predicted octanol–water partition coefficient (Wildman–Crippen LogP) is 2.70. The van der Waals surface area contributed by atoms with Gasteiger partial charge in [0.15, 0.2) is 0 Å². The molecule has 0 saturated carbocycles. The maximum Gasteiger partial charge on any atom is 0.0128 e. The Bertz CT molecular complexity index is 251. The topological polar surface area (TPSA) is 26.0 Å². The van der Waals surface area contributed by atoms with Gasteiger partial charge in [-0.15, -0.1) is 0 Å². The number of hydrogen-bond acceptors (Lipinski definition) is 1. The lowest BCUT2D eigenvalue weighted by Crippen LogP contribution is -2.40. The van der Waals surface area contributed by atoms with Gasteiger partial charge in [-0.1, -0.05) is 51.1 Å². The van der Waals surface area contributed by atoms with Crippen LogP contribution in [-0.4, -0.2) is 6.04 Å². The molecule has 1 aromatic carbocycles. The maximum atomic E-state index is 6.08. The Hall–Kier alpha value is -0.820. The fourth-order valence-corrected chi connectivity index (χ4v) is 1.59. The molecule has 0 amide bonds. The van der Waals surface area contributed by atoms with E-state index >= 15 is 0 Å². The van der Waals surface area contributed by atoms with Crippen LogP contribution in [-0.2, 0) is 5.41 Å². The van der Waals surface area contributed by atoms with Crippen molar-refractivity contribution < 1.29 is 0 Å². The molecule has 0 aliphatic rings. The van der Waals surface area contributed by atoms with Crippen molar-refractivity contribution in [1.82, 2.24) is 0 Å². The molecule has 0 saturated heterocycles. The predicted molar refractivity (Wildman–Crippen MR) is 57.7 cm³/mol. The molecule has 0 spiro atoms. The van der Waals surface area contributed by atoms with E-state index in [2.05, 4.69) is 45.0 Å².